The Bertz CT molecular complexity index is 503. The molecular formula is C19H35N3O2. The number of aryl methyl sites for hydroxylation is 1. The van der Waals surface area contributed by atoms with Gasteiger partial charge in [-0.05, 0) is 18.4 Å². The van der Waals surface area contributed by atoms with Crippen molar-refractivity contribution in [3.05, 3.63) is 17.5 Å². The van der Waals surface area contributed by atoms with Crippen LogP contribution in [0.1, 0.15) is 82.9 Å². The number of nitrogens with one attached hydrogen (secondary N) is 1. The standard InChI is InChI=1S/C19H35N3O2/c1-6-7-8-9-10-11-22-16(12-17(21-22)19(3,4)5)18(24)20-13-15(2)14-23/h12,15,23H,6-11,13-14H2,1-5H3,(H,20,24). The average Bonchev–Trinajstić information content (AvgIpc) is 2.96. The SMILES string of the molecule is CCCCCCCn1nc(C(C)(C)C)cc1C(=O)NCC(C)CO. The second kappa shape index (κ2) is 9.82. The fraction of sp³-hybridized carbons (Fsp3) is 0.789. The summed E-state index contributed by atoms with van der Waals surface area (Å²) in [5, 5.41) is 16.7. The van der Waals surface area contributed by atoms with Crippen molar-refractivity contribution in [3.63, 3.8) is 0 Å². The zero-order valence-corrected chi connectivity index (χ0v) is 16.1. The highest BCUT2D eigenvalue weighted by Crippen LogP contribution is 2.22. The van der Waals surface area contributed by atoms with Gasteiger partial charge in [0.2, 0.25) is 0 Å². The first kappa shape index (κ1) is 20.7. The highest BCUT2D eigenvalue weighted by Gasteiger charge is 2.22. The first-order valence-corrected chi connectivity index (χ1v) is 9.27. The number of rotatable bonds is 10. The Labute approximate surface area is 146 Å². The first-order chi connectivity index (χ1) is 11.3. The number of hydrogen-bond acceptors (Lipinski definition) is 3. The van der Waals surface area contributed by atoms with Gasteiger partial charge >= 0.3 is 0 Å². The van der Waals surface area contributed by atoms with Crippen LogP contribution in [-0.4, -0.2) is 33.9 Å². The van der Waals surface area contributed by atoms with Crippen LogP contribution in [0, 0.1) is 5.92 Å². The summed E-state index contributed by atoms with van der Waals surface area (Å²) in [5.74, 6) is -0.0479. The molecule has 24 heavy (non-hydrogen) atoms. The van der Waals surface area contributed by atoms with E-state index in [1.165, 1.54) is 25.7 Å². The molecule has 0 spiro atoms. The third kappa shape index (κ3) is 6.63. The molecule has 0 bridgehead atoms. The largest absolute Gasteiger partial charge is 0.396 e. The molecule has 1 rings (SSSR count). The molecule has 0 radical (unpaired) electrons. The van der Waals surface area contributed by atoms with Gasteiger partial charge in [0, 0.05) is 25.1 Å². The molecule has 138 valence electrons. The molecular weight excluding hydrogens is 302 g/mol. The van der Waals surface area contributed by atoms with Gasteiger partial charge in [0.15, 0.2) is 0 Å². The number of hydrogen-bond donors (Lipinski definition) is 2. The van der Waals surface area contributed by atoms with Crippen LogP contribution in [0.3, 0.4) is 0 Å². The quantitative estimate of drug-likeness (QED) is 0.642. The Morgan fingerprint density at radius 2 is 1.96 bits per heavy atom. The molecule has 5 nitrogen and oxygen atoms in total. The van der Waals surface area contributed by atoms with Crippen molar-refractivity contribution in [1.82, 2.24) is 15.1 Å². The lowest BCUT2D eigenvalue weighted by atomic mass is 9.92. The van der Waals surface area contributed by atoms with Crippen LogP contribution in [0.2, 0.25) is 0 Å². The Morgan fingerprint density at radius 1 is 1.29 bits per heavy atom. The predicted octanol–water partition coefficient (Wildman–Crippen LogP) is 3.51. The number of carbonyl (C=O) groups excluding carboxylic acids is 1. The number of carbonyl (C=O) groups is 1. The maximum Gasteiger partial charge on any atom is 0.269 e. The summed E-state index contributed by atoms with van der Waals surface area (Å²) in [6, 6.07) is 1.91. The molecule has 1 atom stereocenters. The Kier molecular flexibility index (Phi) is 8.46. The summed E-state index contributed by atoms with van der Waals surface area (Å²) >= 11 is 0. The molecule has 0 aliphatic rings. The Morgan fingerprint density at radius 3 is 2.54 bits per heavy atom. The second-order valence-electron chi connectivity index (χ2n) is 7.80. The number of aliphatic hydroxyl groups excluding tert-OH is 1. The van der Waals surface area contributed by atoms with E-state index in [0.29, 0.717) is 12.2 Å². The van der Waals surface area contributed by atoms with Crippen LogP contribution in [0.25, 0.3) is 0 Å². The number of aliphatic hydroxyl groups is 1. The lowest BCUT2D eigenvalue weighted by Crippen LogP contribution is -2.31. The van der Waals surface area contributed by atoms with Crippen molar-refractivity contribution in [1.29, 1.82) is 0 Å². The topological polar surface area (TPSA) is 67.2 Å². The maximum atomic E-state index is 12.5. The Hall–Kier alpha value is -1.36. The smallest absolute Gasteiger partial charge is 0.269 e. The van der Waals surface area contributed by atoms with Gasteiger partial charge in [0.1, 0.15) is 5.69 Å². The lowest BCUT2D eigenvalue weighted by molar-refractivity contribution is 0.0931. The minimum Gasteiger partial charge on any atom is -0.396 e. The van der Waals surface area contributed by atoms with E-state index < -0.39 is 0 Å². The third-order valence-electron chi connectivity index (χ3n) is 4.18. The minimum absolute atomic E-state index is 0.0569. The first-order valence-electron chi connectivity index (χ1n) is 9.27. The summed E-state index contributed by atoms with van der Waals surface area (Å²) in [7, 11) is 0. The van der Waals surface area contributed by atoms with Crippen molar-refractivity contribution < 1.29 is 9.90 Å². The van der Waals surface area contributed by atoms with Crippen molar-refractivity contribution in [3.8, 4) is 0 Å². The predicted molar refractivity (Wildman–Crippen MR) is 98.3 cm³/mol. The minimum atomic E-state index is -0.105. The molecule has 0 aliphatic heterocycles. The van der Waals surface area contributed by atoms with E-state index in [1.807, 2.05) is 17.7 Å². The van der Waals surface area contributed by atoms with Crippen LogP contribution >= 0.6 is 0 Å². The van der Waals surface area contributed by atoms with Crippen molar-refractivity contribution >= 4 is 5.91 Å². The van der Waals surface area contributed by atoms with Crippen LogP contribution in [0.5, 0.6) is 0 Å². The van der Waals surface area contributed by atoms with Gasteiger partial charge in [-0.3, -0.25) is 9.48 Å². The molecule has 0 fully saturated rings. The molecule has 2 N–H and O–H groups in total. The van der Waals surface area contributed by atoms with Crippen molar-refractivity contribution in [2.24, 2.45) is 5.92 Å². The second-order valence-corrected chi connectivity index (χ2v) is 7.80. The number of aromatic nitrogens is 2. The Balaban J connectivity index is 2.79. The lowest BCUT2D eigenvalue weighted by Gasteiger charge is -2.14. The van der Waals surface area contributed by atoms with Gasteiger partial charge in [-0.2, -0.15) is 5.10 Å². The van der Waals surface area contributed by atoms with E-state index in [9.17, 15) is 4.79 Å². The molecule has 0 aliphatic carbocycles. The number of amides is 1. The van der Waals surface area contributed by atoms with Crippen LogP contribution in [0.15, 0.2) is 6.07 Å². The van der Waals surface area contributed by atoms with Gasteiger partial charge in [-0.25, -0.2) is 0 Å². The third-order valence-corrected chi connectivity index (χ3v) is 4.18. The van der Waals surface area contributed by atoms with Crippen molar-refractivity contribution in [2.45, 2.75) is 78.7 Å². The van der Waals surface area contributed by atoms with Crippen molar-refractivity contribution in [2.75, 3.05) is 13.2 Å². The molecule has 1 amide bonds. The number of nitrogens with zero attached hydrogens (tertiary/aromatic N) is 2. The van der Waals surface area contributed by atoms with E-state index in [2.05, 4.69) is 38.1 Å². The fourth-order valence-corrected chi connectivity index (χ4v) is 2.42. The summed E-state index contributed by atoms with van der Waals surface area (Å²) in [6.45, 7) is 11.8. The van der Waals surface area contributed by atoms with Gasteiger partial charge in [0.05, 0.1) is 5.69 Å². The van der Waals surface area contributed by atoms with Crippen LogP contribution in [0.4, 0.5) is 0 Å². The van der Waals surface area contributed by atoms with E-state index in [4.69, 9.17) is 5.11 Å². The fourth-order valence-electron chi connectivity index (χ4n) is 2.42. The summed E-state index contributed by atoms with van der Waals surface area (Å²) in [5.41, 5.74) is 1.48. The zero-order valence-electron chi connectivity index (χ0n) is 16.1. The normalized spacial score (nSPS) is 13.1. The summed E-state index contributed by atoms with van der Waals surface area (Å²) in [6.07, 6.45) is 5.94. The van der Waals surface area contributed by atoms with Gasteiger partial charge < -0.3 is 10.4 Å². The highest BCUT2D eigenvalue weighted by atomic mass is 16.3. The molecule has 1 aromatic heterocycles. The van der Waals surface area contributed by atoms with Gasteiger partial charge in [-0.1, -0.05) is 60.3 Å². The van der Waals surface area contributed by atoms with Crippen LogP contribution in [-0.2, 0) is 12.0 Å². The molecule has 1 unspecified atom stereocenters. The molecule has 0 saturated carbocycles. The molecule has 5 heteroatoms. The molecule has 1 aromatic rings. The van der Waals surface area contributed by atoms with Crippen LogP contribution < -0.4 is 5.32 Å². The molecule has 0 saturated heterocycles. The summed E-state index contributed by atoms with van der Waals surface area (Å²) in [4.78, 5) is 12.5. The number of unbranched alkanes of at least 4 members (excludes halogenated alkanes) is 4. The van der Waals surface area contributed by atoms with Gasteiger partial charge in [0.25, 0.3) is 5.91 Å². The van der Waals surface area contributed by atoms with E-state index >= 15 is 0 Å². The van der Waals surface area contributed by atoms with E-state index in [1.54, 1.807) is 0 Å². The maximum absolute atomic E-state index is 12.5. The zero-order chi connectivity index (χ0) is 18.2. The van der Waals surface area contributed by atoms with Gasteiger partial charge in [-0.15, -0.1) is 0 Å². The monoisotopic (exact) mass is 337 g/mol. The van der Waals surface area contributed by atoms with E-state index in [0.717, 1.165) is 18.7 Å². The molecule has 0 aromatic carbocycles. The van der Waals surface area contributed by atoms with E-state index in [-0.39, 0.29) is 23.8 Å². The highest BCUT2D eigenvalue weighted by molar-refractivity contribution is 5.92. The summed E-state index contributed by atoms with van der Waals surface area (Å²) < 4.78 is 1.85. The molecule has 1 heterocycles. The average molecular weight is 338 g/mol.